The van der Waals surface area contributed by atoms with Crippen molar-refractivity contribution >= 4 is 49.4 Å². The second kappa shape index (κ2) is 14.2. The van der Waals surface area contributed by atoms with Gasteiger partial charge in [0.25, 0.3) is 0 Å². The Morgan fingerprint density at radius 1 is 0.730 bits per heavy atom. The minimum Gasteiger partial charge on any atom is -0.488 e. The van der Waals surface area contributed by atoms with Crippen LogP contribution in [0.15, 0.2) is 46.9 Å². The number of hydrogen-bond donors (Lipinski definition) is 0. The topological polar surface area (TPSA) is 71.1 Å². The zero-order valence-electron chi connectivity index (χ0n) is 22.2. The molecule has 2 atom stereocenters. The molecule has 0 heterocycles. The minimum absolute atomic E-state index is 0.204. The Hall–Kier alpha value is -2.80. The summed E-state index contributed by atoms with van der Waals surface area (Å²) < 4.78 is 24.6. The summed E-state index contributed by atoms with van der Waals surface area (Å²) in [4.78, 5) is 24.1. The highest BCUT2D eigenvalue weighted by Crippen LogP contribution is 2.43. The van der Waals surface area contributed by atoms with Gasteiger partial charge in [-0.05, 0) is 44.9 Å². The Balaban J connectivity index is 1.87. The number of carbonyl (C=O) groups is 2. The lowest BCUT2D eigenvalue weighted by Gasteiger charge is -2.21. The molecule has 0 aromatic heterocycles. The SMILES string of the molecule is CCCCC(=O)OC(C)COc1c2ccccc2c(OCC(C)OC(=O)CCCC)c2cc(Br)ccc12. The quantitative estimate of drug-likeness (QED) is 0.145. The lowest BCUT2D eigenvalue weighted by molar-refractivity contribution is -0.150. The summed E-state index contributed by atoms with van der Waals surface area (Å²) >= 11 is 3.58. The highest BCUT2D eigenvalue weighted by atomic mass is 79.9. The fourth-order valence-corrected chi connectivity index (χ4v) is 4.42. The summed E-state index contributed by atoms with van der Waals surface area (Å²) in [7, 11) is 0. The summed E-state index contributed by atoms with van der Waals surface area (Å²) in [5.41, 5.74) is 0. The van der Waals surface area contributed by atoms with Crippen molar-refractivity contribution in [2.45, 2.75) is 78.4 Å². The number of ether oxygens (including phenoxy) is 4. The lowest BCUT2D eigenvalue weighted by Crippen LogP contribution is -2.22. The molecule has 0 N–H and O–H groups in total. The predicted molar refractivity (Wildman–Crippen MR) is 150 cm³/mol. The van der Waals surface area contributed by atoms with Crippen molar-refractivity contribution < 1.29 is 28.5 Å². The number of rotatable bonds is 14. The summed E-state index contributed by atoms with van der Waals surface area (Å²) in [6, 6.07) is 13.8. The van der Waals surface area contributed by atoms with Crippen LogP contribution in [0.4, 0.5) is 0 Å². The Kier molecular flexibility index (Phi) is 11.1. The summed E-state index contributed by atoms with van der Waals surface area (Å²) in [6.07, 6.45) is 3.58. The van der Waals surface area contributed by atoms with E-state index in [9.17, 15) is 9.59 Å². The molecular weight excluding hydrogens is 536 g/mol. The van der Waals surface area contributed by atoms with Crippen molar-refractivity contribution in [3.8, 4) is 11.5 Å². The van der Waals surface area contributed by atoms with Crippen molar-refractivity contribution in [2.24, 2.45) is 0 Å². The highest BCUT2D eigenvalue weighted by Gasteiger charge is 2.19. The van der Waals surface area contributed by atoms with Gasteiger partial charge in [0.1, 0.15) is 36.9 Å². The fraction of sp³-hybridized carbons (Fsp3) is 0.467. The smallest absolute Gasteiger partial charge is 0.306 e. The third kappa shape index (κ3) is 8.09. The van der Waals surface area contributed by atoms with Gasteiger partial charge in [0, 0.05) is 38.9 Å². The van der Waals surface area contributed by atoms with Gasteiger partial charge >= 0.3 is 11.9 Å². The normalized spacial score (nSPS) is 12.8. The molecule has 3 aromatic carbocycles. The molecule has 0 aliphatic heterocycles. The van der Waals surface area contributed by atoms with Crippen LogP contribution in [0.3, 0.4) is 0 Å². The van der Waals surface area contributed by atoms with Gasteiger partial charge in [-0.1, -0.05) is 66.9 Å². The Morgan fingerprint density at radius 3 is 1.68 bits per heavy atom. The first kappa shape index (κ1) is 28.8. The summed E-state index contributed by atoms with van der Waals surface area (Å²) in [5, 5.41) is 3.54. The van der Waals surface area contributed by atoms with Crippen LogP contribution in [-0.2, 0) is 19.1 Å². The number of carbonyl (C=O) groups excluding carboxylic acids is 2. The molecule has 0 saturated carbocycles. The molecule has 0 spiro atoms. The molecule has 0 fully saturated rings. The van der Waals surface area contributed by atoms with E-state index in [1.807, 2.05) is 70.2 Å². The molecule has 37 heavy (non-hydrogen) atoms. The van der Waals surface area contributed by atoms with Crippen LogP contribution >= 0.6 is 15.9 Å². The van der Waals surface area contributed by atoms with Gasteiger partial charge in [0.2, 0.25) is 0 Å². The molecular formula is C30H37BrO6. The number of esters is 2. The average Bonchev–Trinajstić information content (AvgIpc) is 2.88. The number of fused-ring (bicyclic) bond motifs is 2. The molecule has 200 valence electrons. The molecule has 7 heteroatoms. The number of hydrogen-bond acceptors (Lipinski definition) is 6. The van der Waals surface area contributed by atoms with Crippen molar-refractivity contribution in [3.63, 3.8) is 0 Å². The minimum atomic E-state index is -0.385. The zero-order chi connectivity index (χ0) is 26.8. The van der Waals surface area contributed by atoms with Crippen LogP contribution in [-0.4, -0.2) is 37.4 Å². The summed E-state index contributed by atoms with van der Waals surface area (Å²) in [5.74, 6) is 1.00. The van der Waals surface area contributed by atoms with Gasteiger partial charge in [-0.15, -0.1) is 0 Å². The Bertz CT molecular complexity index is 1210. The van der Waals surface area contributed by atoms with Gasteiger partial charge in [0.05, 0.1) is 0 Å². The molecule has 6 nitrogen and oxygen atoms in total. The maximum Gasteiger partial charge on any atom is 0.306 e. The van der Waals surface area contributed by atoms with Crippen molar-refractivity contribution in [1.82, 2.24) is 0 Å². The van der Waals surface area contributed by atoms with E-state index in [4.69, 9.17) is 18.9 Å². The van der Waals surface area contributed by atoms with Crippen molar-refractivity contribution in [2.75, 3.05) is 13.2 Å². The molecule has 0 aliphatic carbocycles. The van der Waals surface area contributed by atoms with E-state index in [1.165, 1.54) is 0 Å². The number of halogens is 1. The van der Waals surface area contributed by atoms with Gasteiger partial charge in [-0.3, -0.25) is 9.59 Å². The van der Waals surface area contributed by atoms with Crippen molar-refractivity contribution in [1.29, 1.82) is 0 Å². The highest BCUT2D eigenvalue weighted by molar-refractivity contribution is 9.10. The van der Waals surface area contributed by atoms with Gasteiger partial charge < -0.3 is 18.9 Å². The van der Waals surface area contributed by atoms with Gasteiger partial charge in [-0.2, -0.15) is 0 Å². The van der Waals surface area contributed by atoms with Crippen LogP contribution in [0.1, 0.15) is 66.2 Å². The molecule has 0 saturated heterocycles. The maximum absolute atomic E-state index is 12.1. The van der Waals surface area contributed by atoms with Crippen LogP contribution < -0.4 is 9.47 Å². The third-order valence-electron chi connectivity index (χ3n) is 5.95. The van der Waals surface area contributed by atoms with Crippen LogP contribution in [0.2, 0.25) is 0 Å². The van der Waals surface area contributed by atoms with E-state index < -0.39 is 0 Å². The van der Waals surface area contributed by atoms with Crippen LogP contribution in [0.5, 0.6) is 11.5 Å². The zero-order valence-corrected chi connectivity index (χ0v) is 23.8. The van der Waals surface area contributed by atoms with E-state index in [0.29, 0.717) is 24.3 Å². The van der Waals surface area contributed by atoms with Gasteiger partial charge in [-0.25, -0.2) is 0 Å². The lowest BCUT2D eigenvalue weighted by atomic mass is 10.0. The standard InChI is InChI=1S/C30H37BrO6/c1-5-7-13-27(32)36-20(3)18-34-29-23-11-9-10-12-24(23)30(26-17-22(31)15-16-25(26)29)35-19-21(4)37-28(33)14-8-6-2/h9-12,15-17,20-21H,5-8,13-14,18-19H2,1-4H3. The first-order valence-electron chi connectivity index (χ1n) is 13.1. The van der Waals surface area contributed by atoms with Crippen LogP contribution in [0, 0.1) is 0 Å². The first-order valence-corrected chi connectivity index (χ1v) is 13.9. The van der Waals surface area contributed by atoms with E-state index >= 15 is 0 Å². The van der Waals surface area contributed by atoms with Crippen molar-refractivity contribution in [3.05, 3.63) is 46.9 Å². The Labute approximate surface area is 227 Å². The largest absolute Gasteiger partial charge is 0.488 e. The van der Waals surface area contributed by atoms with Gasteiger partial charge in [0.15, 0.2) is 0 Å². The second-order valence-electron chi connectivity index (χ2n) is 9.32. The average molecular weight is 574 g/mol. The fourth-order valence-electron chi connectivity index (χ4n) is 4.06. The molecule has 3 aromatic rings. The van der Waals surface area contributed by atoms with Crippen LogP contribution in [0.25, 0.3) is 21.5 Å². The first-order chi connectivity index (χ1) is 17.8. The van der Waals surface area contributed by atoms with E-state index in [-0.39, 0.29) is 37.4 Å². The van der Waals surface area contributed by atoms with E-state index in [1.54, 1.807) is 0 Å². The monoisotopic (exact) mass is 572 g/mol. The molecule has 0 amide bonds. The molecule has 0 radical (unpaired) electrons. The predicted octanol–water partition coefficient (Wildman–Crippen LogP) is 7.76. The molecule has 2 unspecified atom stereocenters. The maximum atomic E-state index is 12.1. The number of benzene rings is 3. The third-order valence-corrected chi connectivity index (χ3v) is 6.44. The summed E-state index contributed by atoms with van der Waals surface area (Å²) in [6.45, 7) is 8.23. The molecule has 3 rings (SSSR count). The second-order valence-corrected chi connectivity index (χ2v) is 10.2. The number of unbranched alkanes of at least 4 members (excludes halogenated alkanes) is 2. The Morgan fingerprint density at radius 2 is 1.19 bits per heavy atom. The molecule has 0 bridgehead atoms. The van der Waals surface area contributed by atoms with E-state index in [2.05, 4.69) is 15.9 Å². The molecule has 0 aliphatic rings. The van der Waals surface area contributed by atoms with E-state index in [0.717, 1.165) is 51.7 Å².